The molecule has 0 spiro atoms. The maximum Gasteiger partial charge on any atom is 0.167 e. The molecule has 4 heteroatoms. The molecule has 0 heterocycles. The minimum atomic E-state index is -1.60. The van der Waals surface area contributed by atoms with Crippen LogP contribution in [0.25, 0.3) is 0 Å². The summed E-state index contributed by atoms with van der Waals surface area (Å²) in [5.74, 6) is 0. The molecule has 0 aliphatic carbocycles. The molecule has 0 radical (unpaired) electrons. The summed E-state index contributed by atoms with van der Waals surface area (Å²) in [6.07, 6.45) is -1.55. The molecule has 0 aliphatic heterocycles. The molecule has 0 bridgehead atoms. The summed E-state index contributed by atoms with van der Waals surface area (Å²) in [6.45, 7) is 1.47. The van der Waals surface area contributed by atoms with Crippen molar-refractivity contribution in [3.8, 4) is 0 Å². The van der Waals surface area contributed by atoms with Gasteiger partial charge in [-0.1, -0.05) is 15.9 Å². The van der Waals surface area contributed by atoms with Gasteiger partial charge in [0.2, 0.25) is 0 Å². The summed E-state index contributed by atoms with van der Waals surface area (Å²) in [7, 11) is 0. The molecule has 7 heavy (non-hydrogen) atoms. The van der Waals surface area contributed by atoms with Crippen LogP contribution < -0.4 is 0 Å². The lowest BCUT2D eigenvalue weighted by Gasteiger charge is -2.04. The van der Waals surface area contributed by atoms with Crippen molar-refractivity contribution in [3.63, 3.8) is 0 Å². The fourth-order valence-electron chi connectivity index (χ4n) is 0.138. The molecular weight excluding hydrogens is 104 g/mol. The second kappa shape index (κ2) is 2.87. The predicted molar refractivity (Wildman–Crippen MR) is 20.4 cm³/mol. The lowest BCUT2D eigenvalue weighted by Crippen LogP contribution is -2.18. The molecule has 44 valence electrons. The summed E-state index contributed by atoms with van der Waals surface area (Å²) in [5, 5.41) is 6.89. The van der Waals surface area contributed by atoms with Gasteiger partial charge in [0.1, 0.15) is 0 Å². The first kappa shape index (κ1) is 6.78. The zero-order valence-corrected chi connectivity index (χ0v) is 3.93. The molecule has 0 aromatic carbocycles. The molecule has 1 N–H and O–H groups in total. The van der Waals surface area contributed by atoms with Crippen LogP contribution in [-0.2, 0) is 0 Å². The maximum atomic E-state index is 11.0. The van der Waals surface area contributed by atoms with Crippen molar-refractivity contribution >= 4 is 0 Å². The van der Waals surface area contributed by atoms with Gasteiger partial charge < -0.3 is 5.11 Å². The van der Waals surface area contributed by atoms with E-state index in [1.54, 1.807) is 0 Å². The van der Waals surface area contributed by atoms with E-state index in [0.29, 0.717) is 0 Å². The van der Waals surface area contributed by atoms with Crippen molar-refractivity contribution in [2.24, 2.45) is 0 Å². The van der Waals surface area contributed by atoms with Crippen molar-refractivity contribution < 1.29 is 14.1 Å². The molecule has 0 aliphatic rings. The Hall–Kier alpha value is -0.220. The van der Waals surface area contributed by atoms with E-state index >= 15 is 0 Å². The molecule has 0 amide bonds. The number of hydrogen-bond donors (Lipinski definition) is 1. The van der Waals surface area contributed by atoms with E-state index in [-0.39, 0.29) is 6.42 Å². The number of rotatable bonds is 2. The van der Waals surface area contributed by atoms with E-state index in [1.807, 2.05) is 0 Å². The van der Waals surface area contributed by atoms with E-state index < -0.39 is 11.6 Å². The highest BCUT2D eigenvalue weighted by atomic mass is 19.4. The highest BCUT2D eigenvalue weighted by Gasteiger charge is 2.09. The standard InChI is InChI=1S/C3H7F2NO/c1-2-3(7)6(4)5/h3,7H,2H2,1H3. The molecular formula is C3H7F2NO. The zero-order chi connectivity index (χ0) is 5.86. The van der Waals surface area contributed by atoms with E-state index in [2.05, 4.69) is 0 Å². The lowest BCUT2D eigenvalue weighted by molar-refractivity contribution is -0.248. The van der Waals surface area contributed by atoms with Crippen molar-refractivity contribution in [1.29, 1.82) is 0 Å². The Balaban J connectivity index is 3.14. The Labute approximate surface area is 40.2 Å². The minimum Gasteiger partial charge on any atom is -0.373 e. The first-order valence-electron chi connectivity index (χ1n) is 1.97. The normalized spacial score (nSPS) is 15.0. The van der Waals surface area contributed by atoms with Crippen LogP contribution in [0, 0.1) is 0 Å². The highest BCUT2D eigenvalue weighted by Crippen LogP contribution is 1.99. The summed E-state index contributed by atoms with van der Waals surface area (Å²) in [6, 6.07) is 0. The summed E-state index contributed by atoms with van der Waals surface area (Å²) >= 11 is 0. The summed E-state index contributed by atoms with van der Waals surface area (Å²) < 4.78 is 22.0. The topological polar surface area (TPSA) is 23.5 Å². The fraction of sp³-hybridized carbons (Fsp3) is 1.00. The van der Waals surface area contributed by atoms with E-state index in [9.17, 15) is 8.96 Å². The van der Waals surface area contributed by atoms with Gasteiger partial charge in [0.15, 0.2) is 6.23 Å². The van der Waals surface area contributed by atoms with E-state index in [1.165, 1.54) is 6.92 Å². The first-order chi connectivity index (χ1) is 3.18. The van der Waals surface area contributed by atoms with Crippen molar-refractivity contribution in [2.75, 3.05) is 0 Å². The Morgan fingerprint density at radius 2 is 2.14 bits per heavy atom. The van der Waals surface area contributed by atoms with Gasteiger partial charge in [0.25, 0.3) is 0 Å². The van der Waals surface area contributed by atoms with Crippen LogP contribution in [0.3, 0.4) is 0 Å². The SMILES string of the molecule is CCC(O)N(F)F. The van der Waals surface area contributed by atoms with Gasteiger partial charge in [-0.05, 0) is 6.42 Å². The third kappa shape index (κ3) is 2.47. The Morgan fingerprint density at radius 3 is 2.14 bits per heavy atom. The van der Waals surface area contributed by atoms with Gasteiger partial charge in [-0.2, -0.15) is 0 Å². The number of hydrogen-bond acceptors (Lipinski definition) is 2. The second-order valence-electron chi connectivity index (χ2n) is 1.15. The molecule has 0 aromatic heterocycles. The molecule has 2 nitrogen and oxygen atoms in total. The minimum absolute atomic E-state index is 0.0486. The molecule has 0 aromatic rings. The molecule has 1 atom stereocenters. The van der Waals surface area contributed by atoms with Gasteiger partial charge in [-0.25, -0.2) is 0 Å². The quantitative estimate of drug-likeness (QED) is 0.420. The van der Waals surface area contributed by atoms with Crippen LogP contribution >= 0.6 is 0 Å². The fourth-order valence-corrected chi connectivity index (χ4v) is 0.138. The molecule has 1 unspecified atom stereocenters. The van der Waals surface area contributed by atoms with E-state index in [4.69, 9.17) is 5.11 Å². The van der Waals surface area contributed by atoms with Crippen molar-refractivity contribution in [1.82, 2.24) is 5.34 Å². The smallest absolute Gasteiger partial charge is 0.167 e. The summed E-state index contributed by atoms with van der Waals surface area (Å²) in [5.41, 5.74) is 0. The van der Waals surface area contributed by atoms with Crippen LogP contribution in [0.5, 0.6) is 0 Å². The molecule has 0 rings (SSSR count). The van der Waals surface area contributed by atoms with Gasteiger partial charge in [-0.3, -0.25) is 0 Å². The Morgan fingerprint density at radius 1 is 1.71 bits per heavy atom. The Kier molecular flexibility index (Phi) is 2.78. The zero-order valence-electron chi connectivity index (χ0n) is 3.93. The molecule has 0 fully saturated rings. The summed E-state index contributed by atoms with van der Waals surface area (Å²) in [4.78, 5) is 0. The highest BCUT2D eigenvalue weighted by molar-refractivity contribution is 4.33. The number of aliphatic hydroxyl groups is 1. The largest absolute Gasteiger partial charge is 0.373 e. The van der Waals surface area contributed by atoms with Gasteiger partial charge in [-0.15, -0.1) is 0 Å². The van der Waals surface area contributed by atoms with E-state index in [0.717, 1.165) is 0 Å². The lowest BCUT2D eigenvalue weighted by atomic mass is 10.4. The first-order valence-corrected chi connectivity index (χ1v) is 1.97. The molecule has 0 saturated heterocycles. The van der Waals surface area contributed by atoms with Gasteiger partial charge >= 0.3 is 0 Å². The average molecular weight is 111 g/mol. The van der Waals surface area contributed by atoms with Crippen LogP contribution in [0.2, 0.25) is 0 Å². The third-order valence-electron chi connectivity index (χ3n) is 0.590. The number of halogens is 2. The van der Waals surface area contributed by atoms with Crippen LogP contribution in [0.15, 0.2) is 0 Å². The van der Waals surface area contributed by atoms with Crippen LogP contribution in [-0.4, -0.2) is 16.7 Å². The molecule has 0 saturated carbocycles. The van der Waals surface area contributed by atoms with Crippen molar-refractivity contribution in [2.45, 2.75) is 19.6 Å². The number of nitrogens with zero attached hydrogens (tertiary/aromatic N) is 1. The van der Waals surface area contributed by atoms with Crippen molar-refractivity contribution in [3.05, 3.63) is 0 Å². The Bertz CT molecular complexity index is 50.2. The monoisotopic (exact) mass is 111 g/mol. The average Bonchev–Trinajstić information content (AvgIpc) is 1.65. The number of aliphatic hydroxyl groups excluding tert-OH is 1. The van der Waals surface area contributed by atoms with Crippen LogP contribution in [0.1, 0.15) is 13.3 Å². The van der Waals surface area contributed by atoms with Crippen LogP contribution in [0.4, 0.5) is 8.96 Å². The maximum absolute atomic E-state index is 11.0. The van der Waals surface area contributed by atoms with Gasteiger partial charge in [0.05, 0.1) is 0 Å². The predicted octanol–water partition coefficient (Wildman–Crippen LogP) is 0.786. The second-order valence-corrected chi connectivity index (χ2v) is 1.15. The van der Waals surface area contributed by atoms with Gasteiger partial charge in [0, 0.05) is 5.34 Å². The third-order valence-corrected chi connectivity index (χ3v) is 0.590.